The third kappa shape index (κ3) is 7.13. The molecule has 1 heterocycles. The number of nitrogens with zero attached hydrogens (tertiary/aromatic N) is 1. The normalized spacial score (nSPS) is 10.5. The minimum Gasteiger partial charge on any atom is -0.460 e. The molecule has 1 aromatic heterocycles. The summed E-state index contributed by atoms with van der Waals surface area (Å²) < 4.78 is 32.9. The van der Waals surface area contributed by atoms with Crippen molar-refractivity contribution in [3.05, 3.63) is 29.8 Å². The molecule has 0 unspecified atom stereocenters. The van der Waals surface area contributed by atoms with Crippen LogP contribution in [0.15, 0.2) is 18.3 Å². The van der Waals surface area contributed by atoms with E-state index in [1.807, 2.05) is 0 Å². The first-order chi connectivity index (χ1) is 9.74. The Morgan fingerprint density at radius 2 is 1.80 bits per heavy atom. The maximum atomic E-state index is 12.8. The van der Waals surface area contributed by atoms with Gasteiger partial charge in [0.1, 0.15) is 6.61 Å². The van der Waals surface area contributed by atoms with Gasteiger partial charge in [0.2, 0.25) is 5.95 Å². The predicted molar refractivity (Wildman–Crippen MR) is 68.0 cm³/mol. The summed E-state index contributed by atoms with van der Waals surface area (Å²) in [7, 11) is 1.60. The number of carbonyl (C=O) groups is 1. The van der Waals surface area contributed by atoms with E-state index in [1.165, 1.54) is 12.3 Å². The number of rotatable bonds is 10. The molecule has 0 aliphatic heterocycles. The van der Waals surface area contributed by atoms with Gasteiger partial charge >= 0.3 is 5.97 Å². The summed E-state index contributed by atoms with van der Waals surface area (Å²) in [5.41, 5.74) is 0.125. The highest BCUT2D eigenvalue weighted by Gasteiger charge is 2.07. The summed E-state index contributed by atoms with van der Waals surface area (Å²) in [6.45, 7) is 2.27. The summed E-state index contributed by atoms with van der Waals surface area (Å²) >= 11 is 0. The Morgan fingerprint density at radius 1 is 1.15 bits per heavy atom. The van der Waals surface area contributed by atoms with Crippen molar-refractivity contribution in [3.8, 4) is 0 Å². The van der Waals surface area contributed by atoms with Crippen LogP contribution in [0.3, 0.4) is 0 Å². The second kappa shape index (κ2) is 10.2. The second-order valence-corrected chi connectivity index (χ2v) is 3.72. The van der Waals surface area contributed by atoms with E-state index in [-0.39, 0.29) is 18.8 Å². The fourth-order valence-electron chi connectivity index (χ4n) is 1.27. The number of hydrogen-bond donors (Lipinski definition) is 0. The van der Waals surface area contributed by atoms with Crippen LogP contribution in [0, 0.1) is 5.95 Å². The molecule has 6 nitrogen and oxygen atoms in total. The summed E-state index contributed by atoms with van der Waals surface area (Å²) in [6, 6.07) is 2.41. The van der Waals surface area contributed by atoms with Crippen molar-refractivity contribution >= 4 is 5.97 Å². The number of hydrogen-bond acceptors (Lipinski definition) is 6. The van der Waals surface area contributed by atoms with Crippen LogP contribution in [-0.4, -0.2) is 57.7 Å². The number of ether oxygens (including phenoxy) is 4. The van der Waals surface area contributed by atoms with E-state index in [0.29, 0.717) is 26.4 Å². The Labute approximate surface area is 116 Å². The smallest absolute Gasteiger partial charge is 0.338 e. The average molecular weight is 287 g/mol. The van der Waals surface area contributed by atoms with Crippen LogP contribution in [0.2, 0.25) is 0 Å². The first-order valence-corrected chi connectivity index (χ1v) is 6.17. The molecule has 112 valence electrons. The topological polar surface area (TPSA) is 66.9 Å². The molecule has 0 spiro atoms. The number of carbonyl (C=O) groups excluding carboxylic acids is 1. The van der Waals surface area contributed by atoms with E-state index in [4.69, 9.17) is 18.9 Å². The zero-order valence-corrected chi connectivity index (χ0v) is 11.3. The lowest BCUT2D eigenvalue weighted by Crippen LogP contribution is -2.14. The third-order valence-corrected chi connectivity index (χ3v) is 2.23. The van der Waals surface area contributed by atoms with Crippen LogP contribution in [-0.2, 0) is 18.9 Å². The Balaban J connectivity index is 2.02. The highest BCUT2D eigenvalue weighted by molar-refractivity contribution is 5.89. The monoisotopic (exact) mass is 287 g/mol. The van der Waals surface area contributed by atoms with Gasteiger partial charge in [-0.3, -0.25) is 0 Å². The van der Waals surface area contributed by atoms with Crippen molar-refractivity contribution in [1.82, 2.24) is 4.98 Å². The molecule has 0 saturated heterocycles. The van der Waals surface area contributed by atoms with Crippen molar-refractivity contribution in [2.75, 3.05) is 46.8 Å². The summed E-state index contributed by atoms with van der Waals surface area (Å²) in [5, 5.41) is 0. The van der Waals surface area contributed by atoms with Crippen LogP contribution in [0.25, 0.3) is 0 Å². The molecule has 0 N–H and O–H groups in total. The summed E-state index contributed by atoms with van der Waals surface area (Å²) in [4.78, 5) is 14.8. The van der Waals surface area contributed by atoms with Gasteiger partial charge in [0.25, 0.3) is 0 Å². The van der Waals surface area contributed by atoms with Gasteiger partial charge in [-0.2, -0.15) is 4.39 Å². The van der Waals surface area contributed by atoms with E-state index < -0.39 is 11.9 Å². The molecule has 0 aliphatic carbocycles. The molecule has 20 heavy (non-hydrogen) atoms. The van der Waals surface area contributed by atoms with Crippen molar-refractivity contribution in [2.45, 2.75) is 0 Å². The van der Waals surface area contributed by atoms with Crippen LogP contribution in [0.1, 0.15) is 10.4 Å². The Morgan fingerprint density at radius 3 is 2.45 bits per heavy atom. The van der Waals surface area contributed by atoms with Gasteiger partial charge in [-0.25, -0.2) is 9.78 Å². The van der Waals surface area contributed by atoms with Gasteiger partial charge in [0.05, 0.1) is 38.6 Å². The lowest BCUT2D eigenvalue weighted by Gasteiger charge is -2.06. The molecule has 1 rings (SSSR count). The minimum atomic E-state index is -0.719. The average Bonchev–Trinajstić information content (AvgIpc) is 2.45. The molecule has 0 aliphatic rings. The summed E-state index contributed by atoms with van der Waals surface area (Å²) in [6.07, 6.45) is 1.21. The van der Waals surface area contributed by atoms with Crippen molar-refractivity contribution in [3.63, 3.8) is 0 Å². The predicted octanol–water partition coefficient (Wildman–Crippen LogP) is 1.06. The van der Waals surface area contributed by atoms with E-state index in [2.05, 4.69) is 4.98 Å². The number of aromatic nitrogens is 1. The number of pyridine rings is 1. The maximum Gasteiger partial charge on any atom is 0.338 e. The van der Waals surface area contributed by atoms with Crippen LogP contribution < -0.4 is 0 Å². The van der Waals surface area contributed by atoms with Crippen LogP contribution in [0.4, 0.5) is 4.39 Å². The molecule has 0 aromatic carbocycles. The molecule has 0 radical (unpaired) electrons. The lowest BCUT2D eigenvalue weighted by atomic mass is 10.3. The van der Waals surface area contributed by atoms with Crippen molar-refractivity contribution in [2.24, 2.45) is 0 Å². The number of esters is 1. The first-order valence-electron chi connectivity index (χ1n) is 6.17. The number of halogens is 1. The number of methoxy groups -OCH3 is 1. The highest BCUT2D eigenvalue weighted by Crippen LogP contribution is 2.02. The zero-order valence-electron chi connectivity index (χ0n) is 11.3. The Hall–Kier alpha value is -1.57. The fourth-order valence-corrected chi connectivity index (χ4v) is 1.27. The van der Waals surface area contributed by atoms with Gasteiger partial charge in [-0.1, -0.05) is 0 Å². The zero-order chi connectivity index (χ0) is 14.6. The molecule has 0 bridgehead atoms. The maximum absolute atomic E-state index is 12.8. The molecular formula is C13H18FNO5. The van der Waals surface area contributed by atoms with Crippen LogP contribution in [0.5, 0.6) is 0 Å². The van der Waals surface area contributed by atoms with E-state index in [1.54, 1.807) is 7.11 Å². The van der Waals surface area contributed by atoms with E-state index in [9.17, 15) is 9.18 Å². The van der Waals surface area contributed by atoms with Gasteiger partial charge in [-0.05, 0) is 6.07 Å². The SMILES string of the molecule is COCCOCCOCCOC(=O)c1ccnc(F)c1. The van der Waals surface area contributed by atoms with Gasteiger partial charge in [0.15, 0.2) is 0 Å². The largest absolute Gasteiger partial charge is 0.460 e. The van der Waals surface area contributed by atoms with Crippen LogP contribution >= 0.6 is 0 Å². The van der Waals surface area contributed by atoms with Crippen molar-refractivity contribution in [1.29, 1.82) is 0 Å². The summed E-state index contributed by atoms with van der Waals surface area (Å²) in [5.74, 6) is -1.32. The standard InChI is InChI=1S/C13H18FNO5/c1-17-4-5-18-6-7-19-8-9-20-13(16)11-2-3-15-12(14)10-11/h2-3,10H,4-9H2,1H3. The third-order valence-electron chi connectivity index (χ3n) is 2.23. The Bertz CT molecular complexity index is 402. The van der Waals surface area contributed by atoms with Gasteiger partial charge < -0.3 is 18.9 Å². The molecule has 0 saturated carbocycles. The fraction of sp³-hybridized carbons (Fsp3) is 0.538. The Kier molecular flexibility index (Phi) is 8.44. The van der Waals surface area contributed by atoms with Gasteiger partial charge in [0, 0.05) is 19.4 Å². The van der Waals surface area contributed by atoms with Gasteiger partial charge in [-0.15, -0.1) is 0 Å². The van der Waals surface area contributed by atoms with E-state index in [0.717, 1.165) is 6.07 Å². The van der Waals surface area contributed by atoms with Crippen molar-refractivity contribution < 1.29 is 28.1 Å². The molecule has 0 amide bonds. The molecule has 7 heteroatoms. The highest BCUT2D eigenvalue weighted by atomic mass is 19.1. The molecule has 0 atom stereocenters. The second-order valence-electron chi connectivity index (χ2n) is 3.72. The molecule has 1 aromatic rings. The molecular weight excluding hydrogens is 269 g/mol. The first kappa shape index (κ1) is 16.5. The molecule has 0 fully saturated rings. The minimum absolute atomic E-state index is 0.0981. The lowest BCUT2D eigenvalue weighted by molar-refractivity contribution is 0.00568. The quantitative estimate of drug-likeness (QED) is 0.364. The van der Waals surface area contributed by atoms with E-state index >= 15 is 0 Å².